The number of rotatable bonds is 2. The topological polar surface area (TPSA) is 71.8 Å². The summed E-state index contributed by atoms with van der Waals surface area (Å²) in [6, 6.07) is 17.6. The molecule has 4 nitrogen and oxygen atoms in total. The molecule has 0 unspecified atom stereocenters. The van der Waals surface area contributed by atoms with Crippen LogP contribution in [0.15, 0.2) is 60.8 Å². The van der Waals surface area contributed by atoms with Gasteiger partial charge in [0, 0.05) is 17.0 Å². The predicted molar refractivity (Wildman–Crippen MR) is 87.6 cm³/mol. The Bertz CT molecular complexity index is 1010. The number of aromatic nitrogens is 2. The van der Waals surface area contributed by atoms with Crippen molar-refractivity contribution in [2.45, 2.75) is 0 Å². The van der Waals surface area contributed by atoms with Crippen molar-refractivity contribution >= 4 is 27.6 Å². The number of aromatic amines is 1. The number of carbonyl (C=O) groups is 1. The monoisotopic (exact) mass is 287 g/mol. The van der Waals surface area contributed by atoms with E-state index in [-0.39, 0.29) is 0 Å². The van der Waals surface area contributed by atoms with Crippen molar-refractivity contribution in [3.05, 3.63) is 66.4 Å². The Morgan fingerprint density at radius 2 is 1.82 bits per heavy atom. The number of H-pyrrole nitrogens is 1. The molecular weight excluding hydrogens is 274 g/mol. The fraction of sp³-hybridized carbons (Fsp3) is 0. The van der Waals surface area contributed by atoms with Crippen LogP contribution >= 0.6 is 0 Å². The molecule has 3 N–H and O–H groups in total. The molecule has 4 heteroatoms. The van der Waals surface area contributed by atoms with Crippen LogP contribution in [0.4, 0.5) is 0 Å². The molecule has 2 aromatic carbocycles. The molecule has 0 radical (unpaired) electrons. The molecule has 0 fully saturated rings. The van der Waals surface area contributed by atoms with E-state index in [1.807, 2.05) is 42.5 Å². The van der Waals surface area contributed by atoms with Gasteiger partial charge >= 0.3 is 0 Å². The molecule has 4 aromatic rings. The summed E-state index contributed by atoms with van der Waals surface area (Å²) in [6.45, 7) is 0. The molecule has 106 valence electrons. The zero-order valence-corrected chi connectivity index (χ0v) is 11.7. The minimum atomic E-state index is -0.440. The summed E-state index contributed by atoms with van der Waals surface area (Å²) in [5, 5.41) is 3.14. The number of benzene rings is 2. The van der Waals surface area contributed by atoms with Gasteiger partial charge in [0.05, 0.1) is 22.5 Å². The van der Waals surface area contributed by atoms with E-state index < -0.39 is 5.91 Å². The number of nitrogens with one attached hydrogen (secondary N) is 1. The van der Waals surface area contributed by atoms with Crippen LogP contribution in [0.3, 0.4) is 0 Å². The highest BCUT2D eigenvalue weighted by Crippen LogP contribution is 2.29. The van der Waals surface area contributed by atoms with Crippen molar-refractivity contribution in [3.8, 4) is 11.4 Å². The molecule has 4 rings (SSSR count). The normalized spacial score (nSPS) is 11.1. The van der Waals surface area contributed by atoms with E-state index in [0.717, 1.165) is 33.1 Å². The third-order valence-electron chi connectivity index (χ3n) is 3.85. The summed E-state index contributed by atoms with van der Waals surface area (Å²) in [6.07, 6.45) is 1.79. The molecule has 0 saturated carbocycles. The maximum atomic E-state index is 11.6. The van der Waals surface area contributed by atoms with Crippen LogP contribution in [0.2, 0.25) is 0 Å². The summed E-state index contributed by atoms with van der Waals surface area (Å²) in [5.41, 5.74) is 8.42. The lowest BCUT2D eigenvalue weighted by Gasteiger charge is -2.03. The molecule has 0 aliphatic carbocycles. The fourth-order valence-electron chi connectivity index (χ4n) is 2.82. The highest BCUT2D eigenvalue weighted by atomic mass is 16.1. The minimum Gasteiger partial charge on any atom is -0.366 e. The van der Waals surface area contributed by atoms with Gasteiger partial charge in [-0.05, 0) is 23.6 Å². The number of carbonyl (C=O) groups excluding carboxylic acids is 1. The summed E-state index contributed by atoms with van der Waals surface area (Å²) in [5.74, 6) is -0.440. The molecule has 0 aliphatic heterocycles. The first-order valence-corrected chi connectivity index (χ1v) is 7.00. The number of hydrogen-bond acceptors (Lipinski definition) is 2. The van der Waals surface area contributed by atoms with Crippen molar-refractivity contribution in [2.75, 3.05) is 0 Å². The van der Waals surface area contributed by atoms with Crippen molar-refractivity contribution in [1.82, 2.24) is 9.97 Å². The maximum Gasteiger partial charge on any atom is 0.250 e. The molecule has 22 heavy (non-hydrogen) atoms. The Balaban J connectivity index is 2.01. The number of fused-ring (bicyclic) bond motifs is 2. The van der Waals surface area contributed by atoms with Crippen LogP contribution in [0.25, 0.3) is 33.1 Å². The molecule has 0 spiro atoms. The first-order valence-electron chi connectivity index (χ1n) is 7.00. The van der Waals surface area contributed by atoms with E-state index in [2.05, 4.69) is 16.0 Å². The van der Waals surface area contributed by atoms with Crippen molar-refractivity contribution in [2.24, 2.45) is 5.73 Å². The molecule has 1 amide bonds. The van der Waals surface area contributed by atoms with E-state index in [9.17, 15) is 4.79 Å². The lowest BCUT2D eigenvalue weighted by molar-refractivity contribution is 0.100. The van der Waals surface area contributed by atoms with Gasteiger partial charge in [-0.2, -0.15) is 0 Å². The van der Waals surface area contributed by atoms with Crippen molar-refractivity contribution < 1.29 is 4.79 Å². The Kier molecular flexibility index (Phi) is 2.69. The van der Waals surface area contributed by atoms with Crippen LogP contribution < -0.4 is 5.73 Å². The first-order chi connectivity index (χ1) is 10.7. The van der Waals surface area contributed by atoms with Crippen LogP contribution in [-0.2, 0) is 0 Å². The molecule has 0 saturated heterocycles. The molecular formula is C18H13N3O. The number of nitrogens with zero attached hydrogens (tertiary/aromatic N) is 1. The summed E-state index contributed by atoms with van der Waals surface area (Å²) < 4.78 is 0. The smallest absolute Gasteiger partial charge is 0.250 e. The predicted octanol–water partition coefficient (Wildman–Crippen LogP) is 3.48. The van der Waals surface area contributed by atoms with Crippen molar-refractivity contribution in [3.63, 3.8) is 0 Å². The van der Waals surface area contributed by atoms with Crippen LogP contribution in [0, 0.1) is 0 Å². The van der Waals surface area contributed by atoms with E-state index in [0.29, 0.717) is 5.56 Å². The quantitative estimate of drug-likeness (QED) is 0.592. The van der Waals surface area contributed by atoms with Crippen LogP contribution in [-0.4, -0.2) is 15.9 Å². The minimum absolute atomic E-state index is 0.440. The van der Waals surface area contributed by atoms with Gasteiger partial charge in [-0.25, -0.2) is 0 Å². The standard InChI is InChI=1S/C18H13N3O/c19-18(22)14-7-3-5-12-10-15(21-16(12)14)17-13-6-2-1-4-11(13)8-9-20-17/h1-10,21H,(H2,19,22). The zero-order chi connectivity index (χ0) is 15.1. The fourth-order valence-corrected chi connectivity index (χ4v) is 2.82. The average Bonchev–Trinajstić information content (AvgIpc) is 2.97. The van der Waals surface area contributed by atoms with Gasteiger partial charge < -0.3 is 10.7 Å². The summed E-state index contributed by atoms with van der Waals surface area (Å²) in [4.78, 5) is 19.3. The third kappa shape index (κ3) is 1.85. The Hall–Kier alpha value is -3.14. The van der Waals surface area contributed by atoms with Gasteiger partial charge in [0.2, 0.25) is 0 Å². The number of pyridine rings is 1. The lowest BCUT2D eigenvalue weighted by Crippen LogP contribution is -2.11. The van der Waals surface area contributed by atoms with Gasteiger partial charge in [-0.1, -0.05) is 36.4 Å². The second-order valence-corrected chi connectivity index (χ2v) is 5.20. The van der Waals surface area contributed by atoms with Crippen LogP contribution in [0.1, 0.15) is 10.4 Å². The number of hydrogen-bond donors (Lipinski definition) is 2. The third-order valence-corrected chi connectivity index (χ3v) is 3.85. The number of amides is 1. The van der Waals surface area contributed by atoms with Gasteiger partial charge in [0.15, 0.2) is 0 Å². The molecule has 0 atom stereocenters. The Labute approximate surface area is 126 Å². The molecule has 2 heterocycles. The van der Waals surface area contributed by atoms with E-state index in [1.54, 1.807) is 12.3 Å². The molecule has 0 bridgehead atoms. The van der Waals surface area contributed by atoms with Gasteiger partial charge in [-0.3, -0.25) is 9.78 Å². The summed E-state index contributed by atoms with van der Waals surface area (Å²) >= 11 is 0. The molecule has 0 aliphatic rings. The second kappa shape index (κ2) is 4.70. The first kappa shape index (κ1) is 12.6. The second-order valence-electron chi connectivity index (χ2n) is 5.20. The van der Waals surface area contributed by atoms with Crippen LogP contribution in [0.5, 0.6) is 0 Å². The Morgan fingerprint density at radius 3 is 2.68 bits per heavy atom. The molecule has 2 aromatic heterocycles. The average molecular weight is 287 g/mol. The van der Waals surface area contributed by atoms with E-state index in [4.69, 9.17) is 5.73 Å². The lowest BCUT2D eigenvalue weighted by atomic mass is 10.1. The number of para-hydroxylation sites is 1. The van der Waals surface area contributed by atoms with Gasteiger partial charge in [-0.15, -0.1) is 0 Å². The van der Waals surface area contributed by atoms with Gasteiger partial charge in [0.1, 0.15) is 0 Å². The Morgan fingerprint density at radius 1 is 1.00 bits per heavy atom. The van der Waals surface area contributed by atoms with E-state index >= 15 is 0 Å². The SMILES string of the molecule is NC(=O)c1cccc2cc(-c3nccc4ccccc34)[nH]c12. The maximum absolute atomic E-state index is 11.6. The highest BCUT2D eigenvalue weighted by molar-refractivity contribution is 6.06. The van der Waals surface area contributed by atoms with Gasteiger partial charge in [0.25, 0.3) is 5.91 Å². The largest absolute Gasteiger partial charge is 0.366 e. The number of primary amides is 1. The van der Waals surface area contributed by atoms with Crippen molar-refractivity contribution in [1.29, 1.82) is 0 Å². The highest BCUT2D eigenvalue weighted by Gasteiger charge is 2.12. The van der Waals surface area contributed by atoms with E-state index in [1.165, 1.54) is 0 Å². The summed E-state index contributed by atoms with van der Waals surface area (Å²) in [7, 11) is 0. The zero-order valence-electron chi connectivity index (χ0n) is 11.7. The number of nitrogens with two attached hydrogens (primary N) is 1.